The maximum atomic E-state index is 12.4. The number of nitrogens with one attached hydrogen (secondary N) is 1. The molecule has 5 heteroatoms. The van der Waals surface area contributed by atoms with E-state index in [0.717, 1.165) is 11.3 Å². The van der Waals surface area contributed by atoms with E-state index in [1.165, 1.54) is 0 Å². The molecule has 2 aliphatic heterocycles. The number of nitrogens with zero attached hydrogens (tertiary/aromatic N) is 1. The molecule has 0 radical (unpaired) electrons. The Morgan fingerprint density at radius 2 is 1.89 bits per heavy atom. The minimum absolute atomic E-state index is 0.0117. The SMILES string of the molecule is O=C(C1CNc2ccccc2C1)N1C[C@@H](O)[C@@H](O)C1. The molecule has 19 heavy (non-hydrogen) atoms. The number of hydrogen-bond acceptors (Lipinski definition) is 4. The second-order valence-corrected chi connectivity index (χ2v) is 5.32. The van der Waals surface area contributed by atoms with Gasteiger partial charge in [-0.2, -0.15) is 0 Å². The second-order valence-electron chi connectivity index (χ2n) is 5.32. The molecule has 2 heterocycles. The molecule has 1 aromatic rings. The highest BCUT2D eigenvalue weighted by Gasteiger charge is 2.36. The predicted molar refractivity (Wildman–Crippen MR) is 70.7 cm³/mol. The second kappa shape index (κ2) is 4.83. The van der Waals surface area contributed by atoms with E-state index < -0.39 is 12.2 Å². The highest BCUT2D eigenvalue weighted by Crippen LogP contribution is 2.26. The quantitative estimate of drug-likeness (QED) is 0.657. The minimum atomic E-state index is -0.812. The molecule has 0 aliphatic carbocycles. The van der Waals surface area contributed by atoms with Crippen LogP contribution in [0.2, 0.25) is 0 Å². The van der Waals surface area contributed by atoms with Crippen molar-refractivity contribution in [2.24, 2.45) is 5.92 Å². The number of aliphatic hydroxyl groups is 2. The summed E-state index contributed by atoms with van der Waals surface area (Å²) >= 11 is 0. The van der Waals surface area contributed by atoms with Crippen LogP contribution in [0.1, 0.15) is 5.56 Å². The third-order valence-electron chi connectivity index (χ3n) is 3.94. The van der Waals surface area contributed by atoms with Crippen LogP contribution < -0.4 is 5.32 Å². The molecule has 0 aromatic heterocycles. The number of para-hydroxylation sites is 1. The standard InChI is InChI=1S/C14H18N2O3/c17-12-7-16(8-13(12)18)14(19)10-5-9-3-1-2-4-11(9)15-6-10/h1-4,10,12-13,15,17-18H,5-8H2/t10?,12-,13+. The summed E-state index contributed by atoms with van der Waals surface area (Å²) in [6.45, 7) is 1.08. The molecule has 3 atom stereocenters. The molecule has 3 rings (SSSR count). The van der Waals surface area contributed by atoms with Gasteiger partial charge in [0.15, 0.2) is 0 Å². The Kier molecular flexibility index (Phi) is 3.16. The number of rotatable bonds is 1. The van der Waals surface area contributed by atoms with E-state index in [1.54, 1.807) is 4.90 Å². The van der Waals surface area contributed by atoms with Crippen LogP contribution in [0.4, 0.5) is 5.69 Å². The van der Waals surface area contributed by atoms with E-state index in [2.05, 4.69) is 5.32 Å². The van der Waals surface area contributed by atoms with Crippen molar-refractivity contribution in [1.29, 1.82) is 0 Å². The van der Waals surface area contributed by atoms with Gasteiger partial charge in [-0.15, -0.1) is 0 Å². The number of carbonyl (C=O) groups is 1. The van der Waals surface area contributed by atoms with Gasteiger partial charge >= 0.3 is 0 Å². The van der Waals surface area contributed by atoms with Gasteiger partial charge in [0.1, 0.15) is 0 Å². The van der Waals surface area contributed by atoms with Crippen molar-refractivity contribution in [3.63, 3.8) is 0 Å². The maximum absolute atomic E-state index is 12.4. The zero-order valence-electron chi connectivity index (χ0n) is 10.6. The van der Waals surface area contributed by atoms with Crippen molar-refractivity contribution < 1.29 is 15.0 Å². The lowest BCUT2D eigenvalue weighted by molar-refractivity contribution is -0.134. The van der Waals surface area contributed by atoms with Crippen molar-refractivity contribution in [1.82, 2.24) is 4.90 Å². The number of carbonyl (C=O) groups excluding carboxylic acids is 1. The van der Waals surface area contributed by atoms with Gasteiger partial charge in [-0.3, -0.25) is 4.79 Å². The van der Waals surface area contributed by atoms with Gasteiger partial charge in [-0.1, -0.05) is 18.2 Å². The molecule has 1 aromatic carbocycles. The molecule has 102 valence electrons. The van der Waals surface area contributed by atoms with Gasteiger partial charge in [0, 0.05) is 25.3 Å². The van der Waals surface area contributed by atoms with Crippen molar-refractivity contribution in [2.75, 3.05) is 25.0 Å². The van der Waals surface area contributed by atoms with Crippen LogP contribution in [0.5, 0.6) is 0 Å². The fourth-order valence-electron chi connectivity index (χ4n) is 2.82. The lowest BCUT2D eigenvalue weighted by Crippen LogP contribution is -2.40. The topological polar surface area (TPSA) is 72.8 Å². The molecular formula is C14H18N2O3. The number of β-amino-alcohol motifs (C(OH)–C–C–N with tert-alkyl or cyclic N) is 2. The number of benzene rings is 1. The Bertz CT molecular complexity index is 481. The van der Waals surface area contributed by atoms with Gasteiger partial charge in [-0.25, -0.2) is 0 Å². The molecule has 1 amide bonds. The van der Waals surface area contributed by atoms with Gasteiger partial charge in [-0.05, 0) is 18.1 Å². The summed E-state index contributed by atoms with van der Waals surface area (Å²) in [6.07, 6.45) is -0.911. The average Bonchev–Trinajstić information content (AvgIpc) is 2.77. The third-order valence-corrected chi connectivity index (χ3v) is 3.94. The van der Waals surface area contributed by atoms with E-state index in [4.69, 9.17) is 0 Å². The lowest BCUT2D eigenvalue weighted by atomic mass is 9.93. The summed E-state index contributed by atoms with van der Waals surface area (Å²) in [6, 6.07) is 7.98. The maximum Gasteiger partial charge on any atom is 0.227 e. The zero-order chi connectivity index (χ0) is 13.4. The van der Waals surface area contributed by atoms with Crippen LogP contribution >= 0.6 is 0 Å². The summed E-state index contributed by atoms with van der Waals surface area (Å²) in [5.74, 6) is -0.106. The molecule has 5 nitrogen and oxygen atoms in total. The Morgan fingerprint density at radius 1 is 1.21 bits per heavy atom. The molecule has 0 saturated carbocycles. The zero-order valence-corrected chi connectivity index (χ0v) is 10.6. The fraction of sp³-hybridized carbons (Fsp3) is 0.500. The van der Waals surface area contributed by atoms with E-state index >= 15 is 0 Å². The molecule has 1 fully saturated rings. The first kappa shape index (κ1) is 12.4. The Labute approximate surface area is 111 Å². The molecule has 0 bridgehead atoms. The molecule has 0 spiro atoms. The van der Waals surface area contributed by atoms with E-state index in [1.807, 2.05) is 24.3 Å². The van der Waals surface area contributed by atoms with Crippen LogP contribution in [0.25, 0.3) is 0 Å². The minimum Gasteiger partial charge on any atom is -0.388 e. The summed E-state index contributed by atoms with van der Waals surface area (Å²) in [5.41, 5.74) is 2.24. The van der Waals surface area contributed by atoms with E-state index in [9.17, 15) is 15.0 Å². The lowest BCUT2D eigenvalue weighted by Gasteiger charge is -2.28. The number of likely N-dealkylation sites (tertiary alicyclic amines) is 1. The molecular weight excluding hydrogens is 244 g/mol. The highest BCUT2D eigenvalue weighted by molar-refractivity contribution is 5.81. The molecule has 2 aliphatic rings. The highest BCUT2D eigenvalue weighted by atomic mass is 16.3. The first-order valence-corrected chi connectivity index (χ1v) is 6.62. The fourth-order valence-corrected chi connectivity index (χ4v) is 2.82. The van der Waals surface area contributed by atoms with Crippen LogP contribution in [0, 0.1) is 5.92 Å². The molecule has 1 saturated heterocycles. The van der Waals surface area contributed by atoms with Gasteiger partial charge in [0.2, 0.25) is 5.91 Å². The van der Waals surface area contributed by atoms with Crippen molar-refractivity contribution in [3.05, 3.63) is 29.8 Å². The predicted octanol–water partition coefficient (Wildman–Crippen LogP) is -0.165. The van der Waals surface area contributed by atoms with Gasteiger partial charge < -0.3 is 20.4 Å². The van der Waals surface area contributed by atoms with Crippen molar-refractivity contribution in [2.45, 2.75) is 18.6 Å². The van der Waals surface area contributed by atoms with Crippen molar-refractivity contribution >= 4 is 11.6 Å². The molecule has 3 N–H and O–H groups in total. The normalized spacial score (nSPS) is 29.8. The van der Waals surface area contributed by atoms with E-state index in [-0.39, 0.29) is 24.9 Å². The first-order chi connectivity index (χ1) is 9.15. The van der Waals surface area contributed by atoms with Gasteiger partial charge in [0.05, 0.1) is 18.1 Å². The van der Waals surface area contributed by atoms with Crippen LogP contribution in [-0.2, 0) is 11.2 Å². The Balaban J connectivity index is 1.70. The summed E-state index contributed by atoms with van der Waals surface area (Å²) in [5, 5.41) is 22.3. The Morgan fingerprint density at radius 3 is 2.63 bits per heavy atom. The number of amides is 1. The number of hydrogen-bond donors (Lipinski definition) is 3. The van der Waals surface area contributed by atoms with Gasteiger partial charge in [0.25, 0.3) is 0 Å². The number of aliphatic hydroxyl groups excluding tert-OH is 2. The van der Waals surface area contributed by atoms with E-state index in [0.29, 0.717) is 13.0 Å². The largest absolute Gasteiger partial charge is 0.388 e. The van der Waals surface area contributed by atoms with Crippen molar-refractivity contribution in [3.8, 4) is 0 Å². The monoisotopic (exact) mass is 262 g/mol. The van der Waals surface area contributed by atoms with Crippen LogP contribution in [0.3, 0.4) is 0 Å². The van der Waals surface area contributed by atoms with Crippen LogP contribution in [0.15, 0.2) is 24.3 Å². The summed E-state index contributed by atoms with van der Waals surface area (Å²) in [7, 11) is 0. The number of fused-ring (bicyclic) bond motifs is 1. The summed E-state index contributed by atoms with van der Waals surface area (Å²) < 4.78 is 0. The molecule has 1 unspecified atom stereocenters. The smallest absolute Gasteiger partial charge is 0.227 e. The first-order valence-electron chi connectivity index (χ1n) is 6.62. The van der Waals surface area contributed by atoms with Crippen LogP contribution in [-0.4, -0.2) is 52.9 Å². The third kappa shape index (κ3) is 2.31. The average molecular weight is 262 g/mol. The Hall–Kier alpha value is -1.59. The summed E-state index contributed by atoms with van der Waals surface area (Å²) in [4.78, 5) is 13.9. The number of anilines is 1.